The van der Waals surface area contributed by atoms with Crippen LogP contribution in [-0.2, 0) is 23.1 Å². The minimum atomic E-state index is -1.34. The van der Waals surface area contributed by atoms with Crippen molar-refractivity contribution in [3.8, 4) is 0 Å². The van der Waals surface area contributed by atoms with E-state index in [-0.39, 0.29) is 18.9 Å². The SMILES string of the molecule is Cc1nn(C)c(C)c1CCC(=O)NCC(O)C(N)=O. The van der Waals surface area contributed by atoms with Gasteiger partial charge in [0.2, 0.25) is 11.8 Å². The zero-order chi connectivity index (χ0) is 14.6. The van der Waals surface area contributed by atoms with Crippen LogP contribution in [0.5, 0.6) is 0 Å². The fourth-order valence-electron chi connectivity index (χ4n) is 1.82. The van der Waals surface area contributed by atoms with Crippen molar-refractivity contribution >= 4 is 11.8 Å². The molecule has 4 N–H and O–H groups in total. The molecule has 0 aliphatic heterocycles. The minimum absolute atomic E-state index is 0.154. The van der Waals surface area contributed by atoms with E-state index < -0.39 is 12.0 Å². The van der Waals surface area contributed by atoms with E-state index in [9.17, 15) is 9.59 Å². The highest BCUT2D eigenvalue weighted by Gasteiger charge is 2.14. The van der Waals surface area contributed by atoms with Crippen LogP contribution in [0.2, 0.25) is 0 Å². The number of nitrogens with one attached hydrogen (secondary N) is 1. The van der Waals surface area contributed by atoms with Crippen molar-refractivity contribution in [2.75, 3.05) is 6.54 Å². The highest BCUT2D eigenvalue weighted by atomic mass is 16.3. The van der Waals surface area contributed by atoms with Crippen molar-refractivity contribution in [3.05, 3.63) is 17.0 Å². The number of nitrogens with two attached hydrogens (primary N) is 1. The maximum Gasteiger partial charge on any atom is 0.248 e. The molecule has 1 atom stereocenters. The number of carbonyl (C=O) groups is 2. The molecule has 0 saturated heterocycles. The predicted molar refractivity (Wildman–Crippen MR) is 69.2 cm³/mol. The Morgan fingerprint density at radius 3 is 2.58 bits per heavy atom. The molecule has 0 radical (unpaired) electrons. The van der Waals surface area contributed by atoms with Gasteiger partial charge in [0, 0.05) is 19.2 Å². The van der Waals surface area contributed by atoms with Crippen LogP contribution in [0.4, 0.5) is 0 Å². The van der Waals surface area contributed by atoms with Gasteiger partial charge in [0.05, 0.1) is 12.2 Å². The summed E-state index contributed by atoms with van der Waals surface area (Å²) in [4.78, 5) is 22.2. The molecule has 2 amide bonds. The second-order valence-corrected chi connectivity index (χ2v) is 4.50. The molecule has 19 heavy (non-hydrogen) atoms. The van der Waals surface area contributed by atoms with Gasteiger partial charge in [-0.3, -0.25) is 14.3 Å². The maximum absolute atomic E-state index is 11.6. The van der Waals surface area contributed by atoms with Crippen molar-refractivity contribution in [3.63, 3.8) is 0 Å². The third-order valence-electron chi connectivity index (χ3n) is 3.08. The molecule has 7 nitrogen and oxygen atoms in total. The second-order valence-electron chi connectivity index (χ2n) is 4.50. The van der Waals surface area contributed by atoms with Crippen molar-refractivity contribution in [1.29, 1.82) is 0 Å². The summed E-state index contributed by atoms with van der Waals surface area (Å²) in [7, 11) is 1.86. The van der Waals surface area contributed by atoms with Crippen LogP contribution in [0.1, 0.15) is 23.4 Å². The third-order valence-corrected chi connectivity index (χ3v) is 3.08. The van der Waals surface area contributed by atoms with E-state index in [0.29, 0.717) is 6.42 Å². The van der Waals surface area contributed by atoms with E-state index in [1.54, 1.807) is 4.68 Å². The van der Waals surface area contributed by atoms with E-state index in [1.807, 2.05) is 20.9 Å². The number of aryl methyl sites for hydroxylation is 2. The van der Waals surface area contributed by atoms with Crippen LogP contribution < -0.4 is 11.1 Å². The quantitative estimate of drug-likeness (QED) is 0.610. The second kappa shape index (κ2) is 6.33. The zero-order valence-electron chi connectivity index (χ0n) is 11.4. The fourth-order valence-corrected chi connectivity index (χ4v) is 1.82. The van der Waals surface area contributed by atoms with Crippen molar-refractivity contribution in [2.45, 2.75) is 32.8 Å². The van der Waals surface area contributed by atoms with Gasteiger partial charge < -0.3 is 16.2 Å². The Balaban J connectivity index is 2.44. The van der Waals surface area contributed by atoms with Crippen molar-refractivity contribution in [1.82, 2.24) is 15.1 Å². The minimum Gasteiger partial charge on any atom is -0.381 e. The van der Waals surface area contributed by atoms with Gasteiger partial charge in [0.15, 0.2) is 0 Å². The lowest BCUT2D eigenvalue weighted by molar-refractivity contribution is -0.127. The number of rotatable bonds is 6. The molecule has 1 heterocycles. The summed E-state index contributed by atoms with van der Waals surface area (Å²) in [6, 6.07) is 0. The highest BCUT2D eigenvalue weighted by molar-refractivity contribution is 5.81. The number of carbonyl (C=O) groups excluding carboxylic acids is 2. The molecule has 0 saturated carbocycles. The lowest BCUT2D eigenvalue weighted by Gasteiger charge is -2.08. The van der Waals surface area contributed by atoms with E-state index in [2.05, 4.69) is 10.4 Å². The number of amides is 2. The molecule has 1 aromatic rings. The topological polar surface area (TPSA) is 110 Å². The van der Waals surface area contributed by atoms with Crippen LogP contribution in [0.3, 0.4) is 0 Å². The summed E-state index contributed by atoms with van der Waals surface area (Å²) < 4.78 is 1.78. The van der Waals surface area contributed by atoms with Gasteiger partial charge in [-0.05, 0) is 25.8 Å². The monoisotopic (exact) mass is 268 g/mol. The summed E-state index contributed by atoms with van der Waals surface area (Å²) in [5.74, 6) is -1.08. The average Bonchev–Trinajstić information content (AvgIpc) is 2.58. The molecule has 0 aromatic carbocycles. The smallest absolute Gasteiger partial charge is 0.248 e. The van der Waals surface area contributed by atoms with E-state index in [0.717, 1.165) is 17.0 Å². The van der Waals surface area contributed by atoms with E-state index >= 15 is 0 Å². The number of primary amides is 1. The van der Waals surface area contributed by atoms with Crippen LogP contribution in [0.15, 0.2) is 0 Å². The zero-order valence-corrected chi connectivity index (χ0v) is 11.4. The summed E-state index contributed by atoms with van der Waals surface area (Å²) in [6.07, 6.45) is -0.492. The van der Waals surface area contributed by atoms with Gasteiger partial charge in [0.1, 0.15) is 6.10 Å². The first-order chi connectivity index (χ1) is 8.82. The fraction of sp³-hybridized carbons (Fsp3) is 0.583. The van der Waals surface area contributed by atoms with Crippen molar-refractivity contribution < 1.29 is 14.7 Å². The molecule has 0 bridgehead atoms. The first-order valence-electron chi connectivity index (χ1n) is 6.06. The molecule has 0 spiro atoms. The Morgan fingerprint density at radius 2 is 2.11 bits per heavy atom. The standard InChI is InChI=1S/C12H20N4O3/c1-7-9(8(2)16(3)15-7)4-5-11(18)14-6-10(17)12(13)19/h10,17H,4-6H2,1-3H3,(H2,13,19)(H,14,18). The molecule has 1 rings (SSSR count). The van der Waals surface area contributed by atoms with Crippen molar-refractivity contribution in [2.24, 2.45) is 12.8 Å². The summed E-state index contributed by atoms with van der Waals surface area (Å²) in [5, 5.41) is 15.9. The Hall–Kier alpha value is -1.89. The number of aromatic nitrogens is 2. The first-order valence-corrected chi connectivity index (χ1v) is 6.06. The maximum atomic E-state index is 11.6. The molecule has 0 aliphatic carbocycles. The molecular formula is C12H20N4O3. The van der Waals surface area contributed by atoms with Crippen LogP contribution in [-0.4, -0.2) is 39.4 Å². The Bertz CT molecular complexity index is 482. The molecule has 7 heteroatoms. The number of hydrogen-bond acceptors (Lipinski definition) is 4. The molecule has 0 aliphatic rings. The number of aliphatic hydroxyl groups is 1. The largest absolute Gasteiger partial charge is 0.381 e. The normalized spacial score (nSPS) is 12.2. The van der Waals surface area contributed by atoms with Gasteiger partial charge in [0.25, 0.3) is 0 Å². The predicted octanol–water partition coefficient (Wildman–Crippen LogP) is -1.07. The van der Waals surface area contributed by atoms with Gasteiger partial charge in [-0.15, -0.1) is 0 Å². The summed E-state index contributed by atoms with van der Waals surface area (Å²) in [5.41, 5.74) is 7.87. The first kappa shape index (κ1) is 15.2. The Labute approximate surface area is 111 Å². The Kier molecular flexibility index (Phi) is 5.05. The molecule has 0 fully saturated rings. The van der Waals surface area contributed by atoms with E-state index in [4.69, 9.17) is 10.8 Å². The molecular weight excluding hydrogens is 248 g/mol. The highest BCUT2D eigenvalue weighted by Crippen LogP contribution is 2.13. The summed E-state index contributed by atoms with van der Waals surface area (Å²) >= 11 is 0. The van der Waals surface area contributed by atoms with Crippen LogP contribution in [0.25, 0.3) is 0 Å². The van der Waals surface area contributed by atoms with Crippen LogP contribution in [0, 0.1) is 13.8 Å². The molecule has 106 valence electrons. The van der Waals surface area contributed by atoms with Gasteiger partial charge in [-0.2, -0.15) is 5.10 Å². The van der Waals surface area contributed by atoms with E-state index in [1.165, 1.54) is 0 Å². The molecule has 1 unspecified atom stereocenters. The Morgan fingerprint density at radius 1 is 1.47 bits per heavy atom. The summed E-state index contributed by atoms with van der Waals surface area (Å²) in [6.45, 7) is 3.69. The van der Waals surface area contributed by atoms with Gasteiger partial charge in [-0.25, -0.2) is 0 Å². The molecule has 1 aromatic heterocycles. The third kappa shape index (κ3) is 4.06. The number of hydrogen-bond donors (Lipinski definition) is 3. The lowest BCUT2D eigenvalue weighted by atomic mass is 10.1. The van der Waals surface area contributed by atoms with Gasteiger partial charge in [-0.1, -0.05) is 0 Å². The average molecular weight is 268 g/mol. The number of nitrogens with zero attached hydrogens (tertiary/aromatic N) is 2. The van der Waals surface area contributed by atoms with Crippen LogP contribution >= 0.6 is 0 Å². The lowest BCUT2D eigenvalue weighted by Crippen LogP contribution is -2.40. The number of aliphatic hydroxyl groups excluding tert-OH is 1. The van der Waals surface area contributed by atoms with Gasteiger partial charge >= 0.3 is 0 Å².